The van der Waals surface area contributed by atoms with Gasteiger partial charge in [0.2, 0.25) is 10.0 Å². The summed E-state index contributed by atoms with van der Waals surface area (Å²) in [6.07, 6.45) is 5.18. The summed E-state index contributed by atoms with van der Waals surface area (Å²) in [6.45, 7) is 6.92. The maximum atomic E-state index is 13.4. The van der Waals surface area contributed by atoms with E-state index in [9.17, 15) is 12.8 Å². The average molecular weight is 394 g/mol. The largest absolute Gasteiger partial charge is 0.342 e. The zero-order valence-corrected chi connectivity index (χ0v) is 17.1. The Balaban J connectivity index is 1.79. The molecule has 0 aliphatic heterocycles. The minimum Gasteiger partial charge on any atom is -0.342 e. The molecule has 0 spiro atoms. The summed E-state index contributed by atoms with van der Waals surface area (Å²) in [5.41, 5.74) is 2.76. The summed E-state index contributed by atoms with van der Waals surface area (Å²) in [6, 6.07) is 4.59. The average Bonchev–Trinajstić information content (AvgIpc) is 2.95. The third-order valence-electron chi connectivity index (χ3n) is 5.60. The second-order valence-corrected chi connectivity index (χ2v) is 9.92. The van der Waals surface area contributed by atoms with Gasteiger partial charge in [-0.1, -0.05) is 25.5 Å². The number of hydrogen-bond donors (Lipinski definition) is 2. The van der Waals surface area contributed by atoms with E-state index >= 15 is 0 Å². The number of hydrogen-bond acceptors (Lipinski definition) is 3. The van der Waals surface area contributed by atoms with Gasteiger partial charge in [0.15, 0.2) is 0 Å². The third-order valence-corrected chi connectivity index (χ3v) is 6.29. The number of benzene rings is 1. The van der Waals surface area contributed by atoms with Crippen LogP contribution in [-0.2, 0) is 16.4 Å². The molecular formula is C20H28FN3O2S. The maximum Gasteiger partial charge on any atom is 0.208 e. The number of allylic oxidation sites excluding steroid dienone is 1. The minimum atomic E-state index is -3.20. The van der Waals surface area contributed by atoms with Crippen LogP contribution in [0.15, 0.2) is 29.8 Å². The van der Waals surface area contributed by atoms with Crippen LogP contribution in [0.1, 0.15) is 33.0 Å². The first kappa shape index (κ1) is 20.0. The predicted octanol–water partition coefficient (Wildman–Crippen LogP) is 3.65. The molecule has 7 heteroatoms. The molecule has 27 heavy (non-hydrogen) atoms. The van der Waals surface area contributed by atoms with E-state index in [1.165, 1.54) is 24.0 Å². The van der Waals surface area contributed by atoms with Crippen molar-refractivity contribution < 1.29 is 12.8 Å². The summed E-state index contributed by atoms with van der Waals surface area (Å²) >= 11 is 0. The molecular weight excluding hydrogens is 365 g/mol. The number of halogens is 1. The van der Waals surface area contributed by atoms with Crippen molar-refractivity contribution in [2.45, 2.75) is 33.6 Å². The molecule has 1 aliphatic rings. The van der Waals surface area contributed by atoms with E-state index in [1.807, 2.05) is 0 Å². The first-order chi connectivity index (χ1) is 12.6. The van der Waals surface area contributed by atoms with E-state index < -0.39 is 10.0 Å². The van der Waals surface area contributed by atoms with Gasteiger partial charge in [0.1, 0.15) is 11.6 Å². The van der Waals surface area contributed by atoms with E-state index in [0.29, 0.717) is 24.3 Å². The highest BCUT2D eigenvalue weighted by molar-refractivity contribution is 7.88. The predicted molar refractivity (Wildman–Crippen MR) is 106 cm³/mol. The van der Waals surface area contributed by atoms with Gasteiger partial charge in [-0.05, 0) is 55.2 Å². The lowest BCUT2D eigenvalue weighted by Crippen LogP contribution is -2.36. The van der Waals surface area contributed by atoms with E-state index in [2.05, 4.69) is 41.5 Å². The van der Waals surface area contributed by atoms with Crippen molar-refractivity contribution in [3.05, 3.63) is 41.5 Å². The number of nitrogens with one attached hydrogen (secondary N) is 2. The van der Waals surface area contributed by atoms with Crippen molar-refractivity contribution in [1.29, 1.82) is 0 Å². The first-order valence-corrected chi connectivity index (χ1v) is 11.3. The van der Waals surface area contributed by atoms with E-state index in [4.69, 9.17) is 0 Å². The van der Waals surface area contributed by atoms with Crippen molar-refractivity contribution in [2.24, 2.45) is 23.7 Å². The van der Waals surface area contributed by atoms with Crippen LogP contribution in [0.4, 0.5) is 4.39 Å². The van der Waals surface area contributed by atoms with Gasteiger partial charge in [-0.3, -0.25) is 0 Å². The summed E-state index contributed by atoms with van der Waals surface area (Å²) in [5.74, 6) is 1.98. The van der Waals surface area contributed by atoms with E-state index in [0.717, 1.165) is 29.7 Å². The topological polar surface area (TPSA) is 74.8 Å². The molecule has 148 valence electrons. The van der Waals surface area contributed by atoms with Gasteiger partial charge in [-0.2, -0.15) is 0 Å². The van der Waals surface area contributed by atoms with Crippen LogP contribution in [0.5, 0.6) is 0 Å². The fourth-order valence-electron chi connectivity index (χ4n) is 4.12. The lowest BCUT2D eigenvalue weighted by atomic mass is 9.70. The number of aromatic amines is 1. The second kappa shape index (κ2) is 7.72. The summed E-state index contributed by atoms with van der Waals surface area (Å²) in [4.78, 5) is 7.83. The zero-order valence-electron chi connectivity index (χ0n) is 16.3. The lowest BCUT2D eigenvalue weighted by Gasteiger charge is -2.37. The Morgan fingerprint density at radius 3 is 2.78 bits per heavy atom. The van der Waals surface area contributed by atoms with Crippen LogP contribution in [0.25, 0.3) is 11.0 Å². The van der Waals surface area contributed by atoms with Gasteiger partial charge in [0.05, 0.1) is 17.3 Å². The molecule has 2 aromatic rings. The number of fused-ring (bicyclic) bond motifs is 1. The molecule has 0 saturated heterocycles. The quantitative estimate of drug-likeness (QED) is 0.736. The number of rotatable bonds is 6. The molecule has 0 radical (unpaired) electrons. The Morgan fingerprint density at radius 2 is 2.11 bits per heavy atom. The van der Waals surface area contributed by atoms with Crippen molar-refractivity contribution in [1.82, 2.24) is 14.7 Å². The molecule has 0 bridgehead atoms. The second-order valence-electron chi connectivity index (χ2n) is 8.08. The smallest absolute Gasteiger partial charge is 0.208 e. The van der Waals surface area contributed by atoms with Gasteiger partial charge in [0.25, 0.3) is 0 Å². The lowest BCUT2D eigenvalue weighted by molar-refractivity contribution is 0.227. The van der Waals surface area contributed by atoms with Crippen molar-refractivity contribution >= 4 is 21.1 Å². The zero-order chi connectivity index (χ0) is 19.8. The molecule has 1 aromatic carbocycles. The molecule has 5 nitrogen and oxygen atoms in total. The number of sulfonamides is 1. The Bertz CT molecular complexity index is 949. The molecule has 1 aliphatic carbocycles. The van der Waals surface area contributed by atoms with E-state index in [1.54, 1.807) is 6.07 Å². The molecule has 0 amide bonds. The monoisotopic (exact) mass is 393 g/mol. The molecule has 1 heterocycles. The fourth-order valence-corrected chi connectivity index (χ4v) is 4.62. The molecule has 0 fully saturated rings. The fraction of sp³-hybridized carbons (Fsp3) is 0.550. The van der Waals surface area contributed by atoms with Crippen LogP contribution < -0.4 is 4.72 Å². The van der Waals surface area contributed by atoms with Crippen molar-refractivity contribution in [3.63, 3.8) is 0 Å². The molecule has 3 atom stereocenters. The van der Waals surface area contributed by atoms with Gasteiger partial charge in [0, 0.05) is 13.0 Å². The SMILES string of the molecule is CC1=CC(CNS(C)(=O)=O)C(C(C)C)CC1Cc1nc2ccc(F)cc2[nH]1. The highest BCUT2D eigenvalue weighted by atomic mass is 32.2. The molecule has 2 N–H and O–H groups in total. The molecule has 0 saturated carbocycles. The maximum absolute atomic E-state index is 13.4. The van der Waals surface area contributed by atoms with Gasteiger partial charge in [-0.15, -0.1) is 0 Å². The van der Waals surface area contributed by atoms with Crippen LogP contribution >= 0.6 is 0 Å². The number of H-pyrrole nitrogens is 1. The van der Waals surface area contributed by atoms with Gasteiger partial charge in [-0.25, -0.2) is 22.5 Å². The van der Waals surface area contributed by atoms with Gasteiger partial charge >= 0.3 is 0 Å². The summed E-state index contributed by atoms with van der Waals surface area (Å²) in [7, 11) is -3.20. The van der Waals surface area contributed by atoms with Crippen molar-refractivity contribution in [3.8, 4) is 0 Å². The standard InChI is InChI=1S/C20H28FN3O2S/c1-12(2)17-8-14(13(3)7-15(17)11-22-27(4,25)26)9-20-23-18-6-5-16(21)10-19(18)24-20/h5-7,10,12,14-15,17,22H,8-9,11H2,1-4H3,(H,23,24). The van der Waals surface area contributed by atoms with Gasteiger partial charge < -0.3 is 4.98 Å². The van der Waals surface area contributed by atoms with Crippen LogP contribution in [-0.4, -0.2) is 31.2 Å². The molecule has 3 rings (SSSR count). The van der Waals surface area contributed by atoms with Crippen molar-refractivity contribution in [2.75, 3.05) is 12.8 Å². The van der Waals surface area contributed by atoms with Crippen LogP contribution in [0, 0.1) is 29.5 Å². The Morgan fingerprint density at radius 1 is 1.37 bits per heavy atom. The molecule has 3 unspecified atom stereocenters. The summed E-state index contributed by atoms with van der Waals surface area (Å²) < 4.78 is 39.0. The Hall–Kier alpha value is -1.73. The first-order valence-electron chi connectivity index (χ1n) is 9.39. The highest BCUT2D eigenvalue weighted by Crippen LogP contribution is 2.38. The minimum absolute atomic E-state index is 0.195. The van der Waals surface area contributed by atoms with Crippen LogP contribution in [0.2, 0.25) is 0 Å². The molecule has 1 aromatic heterocycles. The summed E-state index contributed by atoms with van der Waals surface area (Å²) in [5, 5.41) is 0. The number of imidazole rings is 1. The Labute approximate surface area is 160 Å². The number of nitrogens with zero attached hydrogens (tertiary/aromatic N) is 1. The number of aromatic nitrogens is 2. The van der Waals surface area contributed by atoms with E-state index in [-0.39, 0.29) is 11.7 Å². The Kier molecular flexibility index (Phi) is 5.72. The highest BCUT2D eigenvalue weighted by Gasteiger charge is 2.32. The third kappa shape index (κ3) is 4.96. The van der Waals surface area contributed by atoms with Crippen LogP contribution in [0.3, 0.4) is 0 Å². The normalized spacial score (nSPS) is 23.8.